The molecule has 4 nitrogen and oxygen atoms in total. The van der Waals surface area contributed by atoms with Crippen LogP contribution in [0.4, 0.5) is 0 Å². The van der Waals surface area contributed by atoms with E-state index in [1.165, 1.54) is 5.56 Å². The average molecular weight is 320 g/mol. The van der Waals surface area contributed by atoms with E-state index in [0.29, 0.717) is 18.5 Å². The third-order valence-electron chi connectivity index (χ3n) is 4.15. The van der Waals surface area contributed by atoms with Crippen molar-refractivity contribution >= 4 is 16.8 Å². The first kappa shape index (κ1) is 16.0. The number of hydrogen-bond acceptors (Lipinski definition) is 2. The summed E-state index contributed by atoms with van der Waals surface area (Å²) in [5.74, 6) is -0.339. The Bertz CT molecular complexity index is 940. The molecular formula is C20H20N2O2. The van der Waals surface area contributed by atoms with Gasteiger partial charge in [-0.2, -0.15) is 0 Å². The van der Waals surface area contributed by atoms with Gasteiger partial charge in [0.2, 0.25) is 5.43 Å². The molecule has 0 saturated heterocycles. The van der Waals surface area contributed by atoms with E-state index >= 15 is 0 Å². The highest BCUT2D eigenvalue weighted by atomic mass is 16.2. The molecule has 0 fully saturated rings. The summed E-state index contributed by atoms with van der Waals surface area (Å²) in [7, 11) is 0. The van der Waals surface area contributed by atoms with Gasteiger partial charge in [-0.05, 0) is 31.5 Å². The summed E-state index contributed by atoms with van der Waals surface area (Å²) < 4.78 is 1.93. The Morgan fingerprint density at radius 1 is 1.08 bits per heavy atom. The van der Waals surface area contributed by atoms with Crippen molar-refractivity contribution in [2.24, 2.45) is 0 Å². The molecular weight excluding hydrogens is 300 g/mol. The van der Waals surface area contributed by atoms with Crippen LogP contribution >= 0.6 is 0 Å². The SMILES string of the molecule is CCn1cc(C(=O)NCc2ccc(C)cc2)c(=O)c2ccccc21. The summed E-state index contributed by atoms with van der Waals surface area (Å²) in [5.41, 5.74) is 2.98. The van der Waals surface area contributed by atoms with Gasteiger partial charge in [0.25, 0.3) is 5.91 Å². The van der Waals surface area contributed by atoms with Gasteiger partial charge in [0.05, 0.1) is 5.52 Å². The number of benzene rings is 2. The number of nitrogens with zero attached hydrogens (tertiary/aromatic N) is 1. The predicted octanol–water partition coefficient (Wildman–Crippen LogP) is 3.26. The lowest BCUT2D eigenvalue weighted by atomic mass is 10.1. The standard InChI is InChI=1S/C20H20N2O2/c1-3-22-13-17(19(23)16-6-4-5-7-18(16)22)20(24)21-12-15-10-8-14(2)9-11-15/h4-11,13H,3,12H2,1-2H3,(H,21,24). The van der Waals surface area contributed by atoms with Gasteiger partial charge in [0.15, 0.2) is 0 Å². The summed E-state index contributed by atoms with van der Waals surface area (Å²) in [6.45, 7) is 5.10. The Morgan fingerprint density at radius 3 is 2.50 bits per heavy atom. The van der Waals surface area contributed by atoms with E-state index in [9.17, 15) is 9.59 Å². The number of aryl methyl sites for hydroxylation is 2. The number of rotatable bonds is 4. The van der Waals surface area contributed by atoms with Crippen LogP contribution in [0, 0.1) is 6.92 Å². The highest BCUT2D eigenvalue weighted by Crippen LogP contribution is 2.12. The van der Waals surface area contributed by atoms with Gasteiger partial charge < -0.3 is 9.88 Å². The van der Waals surface area contributed by atoms with E-state index < -0.39 is 0 Å². The normalized spacial score (nSPS) is 10.8. The first-order valence-corrected chi connectivity index (χ1v) is 8.06. The predicted molar refractivity (Wildman–Crippen MR) is 96.2 cm³/mol. The third-order valence-corrected chi connectivity index (χ3v) is 4.15. The van der Waals surface area contributed by atoms with Crippen LogP contribution in [0.15, 0.2) is 59.5 Å². The maximum Gasteiger partial charge on any atom is 0.257 e. The van der Waals surface area contributed by atoms with Crippen molar-refractivity contribution in [3.05, 3.63) is 81.6 Å². The van der Waals surface area contributed by atoms with Gasteiger partial charge in [-0.25, -0.2) is 0 Å². The molecule has 1 aromatic heterocycles. The lowest BCUT2D eigenvalue weighted by Crippen LogP contribution is -2.29. The number of nitrogens with one attached hydrogen (secondary N) is 1. The molecule has 3 aromatic rings. The fraction of sp³-hybridized carbons (Fsp3) is 0.200. The van der Waals surface area contributed by atoms with Crippen LogP contribution in [0.1, 0.15) is 28.4 Å². The molecule has 0 unspecified atom stereocenters. The molecule has 1 N–H and O–H groups in total. The second-order valence-electron chi connectivity index (χ2n) is 5.84. The van der Waals surface area contributed by atoms with E-state index in [2.05, 4.69) is 5.32 Å². The molecule has 2 aromatic carbocycles. The Hall–Kier alpha value is -2.88. The van der Waals surface area contributed by atoms with Gasteiger partial charge >= 0.3 is 0 Å². The highest BCUT2D eigenvalue weighted by Gasteiger charge is 2.14. The van der Waals surface area contributed by atoms with Crippen LogP contribution < -0.4 is 10.7 Å². The van der Waals surface area contributed by atoms with E-state index in [1.807, 2.05) is 60.9 Å². The monoisotopic (exact) mass is 320 g/mol. The summed E-state index contributed by atoms with van der Waals surface area (Å²) in [5, 5.41) is 3.41. The number of carbonyl (C=O) groups excluding carboxylic acids is 1. The Balaban J connectivity index is 1.90. The summed E-state index contributed by atoms with van der Waals surface area (Å²) in [6, 6.07) is 15.3. The molecule has 24 heavy (non-hydrogen) atoms. The molecule has 0 aliphatic rings. The molecule has 0 saturated carbocycles. The van der Waals surface area contributed by atoms with Crippen LogP contribution in [-0.4, -0.2) is 10.5 Å². The molecule has 122 valence electrons. The molecule has 0 aliphatic carbocycles. The first-order valence-electron chi connectivity index (χ1n) is 8.06. The summed E-state index contributed by atoms with van der Waals surface area (Å²) in [6.07, 6.45) is 1.65. The Morgan fingerprint density at radius 2 is 1.79 bits per heavy atom. The summed E-state index contributed by atoms with van der Waals surface area (Å²) in [4.78, 5) is 25.1. The molecule has 4 heteroatoms. The number of fused-ring (bicyclic) bond motifs is 1. The van der Waals surface area contributed by atoms with E-state index in [1.54, 1.807) is 12.3 Å². The van der Waals surface area contributed by atoms with Crippen LogP contribution in [0.3, 0.4) is 0 Å². The van der Waals surface area contributed by atoms with Gasteiger partial charge in [-0.1, -0.05) is 42.0 Å². The zero-order valence-electron chi connectivity index (χ0n) is 13.9. The minimum Gasteiger partial charge on any atom is -0.348 e. The van der Waals surface area contributed by atoms with Crippen LogP contribution in [-0.2, 0) is 13.1 Å². The lowest BCUT2D eigenvalue weighted by Gasteiger charge is -2.12. The van der Waals surface area contributed by atoms with Crippen LogP contribution in [0.2, 0.25) is 0 Å². The topological polar surface area (TPSA) is 51.1 Å². The molecule has 0 atom stereocenters. The second-order valence-corrected chi connectivity index (χ2v) is 5.84. The fourth-order valence-electron chi connectivity index (χ4n) is 2.75. The number of pyridine rings is 1. The number of amides is 1. The maximum atomic E-state index is 12.6. The lowest BCUT2D eigenvalue weighted by molar-refractivity contribution is 0.0949. The number of hydrogen-bond donors (Lipinski definition) is 1. The minimum absolute atomic E-state index is 0.183. The van der Waals surface area contributed by atoms with Gasteiger partial charge in [-0.15, -0.1) is 0 Å². The van der Waals surface area contributed by atoms with Crippen molar-refractivity contribution in [2.75, 3.05) is 0 Å². The first-order chi connectivity index (χ1) is 11.6. The van der Waals surface area contributed by atoms with Crippen molar-refractivity contribution in [1.29, 1.82) is 0 Å². The molecule has 0 bridgehead atoms. The molecule has 0 spiro atoms. The molecule has 0 aliphatic heterocycles. The number of aromatic nitrogens is 1. The van der Waals surface area contributed by atoms with Crippen molar-refractivity contribution in [1.82, 2.24) is 9.88 Å². The van der Waals surface area contributed by atoms with Crippen LogP contribution in [0.5, 0.6) is 0 Å². The van der Waals surface area contributed by atoms with Crippen LogP contribution in [0.25, 0.3) is 10.9 Å². The quantitative estimate of drug-likeness (QED) is 0.802. The van der Waals surface area contributed by atoms with Gasteiger partial charge in [0, 0.05) is 24.7 Å². The van der Waals surface area contributed by atoms with Gasteiger partial charge in [-0.3, -0.25) is 9.59 Å². The summed E-state index contributed by atoms with van der Waals surface area (Å²) >= 11 is 0. The van der Waals surface area contributed by atoms with E-state index in [4.69, 9.17) is 0 Å². The zero-order valence-corrected chi connectivity index (χ0v) is 13.9. The largest absolute Gasteiger partial charge is 0.348 e. The van der Waals surface area contributed by atoms with Crippen molar-refractivity contribution in [2.45, 2.75) is 26.9 Å². The molecule has 1 heterocycles. The molecule has 3 rings (SSSR count). The van der Waals surface area contributed by atoms with Gasteiger partial charge in [0.1, 0.15) is 5.56 Å². The number of carbonyl (C=O) groups is 1. The second kappa shape index (κ2) is 6.71. The Labute approximate surface area is 140 Å². The van der Waals surface area contributed by atoms with Crippen molar-refractivity contribution in [3.63, 3.8) is 0 Å². The van der Waals surface area contributed by atoms with E-state index in [0.717, 1.165) is 11.1 Å². The average Bonchev–Trinajstić information content (AvgIpc) is 2.61. The van der Waals surface area contributed by atoms with Crippen molar-refractivity contribution in [3.8, 4) is 0 Å². The third kappa shape index (κ3) is 3.08. The Kier molecular flexibility index (Phi) is 4.47. The highest BCUT2D eigenvalue weighted by molar-refractivity contribution is 5.97. The maximum absolute atomic E-state index is 12.6. The smallest absolute Gasteiger partial charge is 0.257 e. The van der Waals surface area contributed by atoms with E-state index in [-0.39, 0.29) is 16.9 Å². The molecule has 0 radical (unpaired) electrons. The van der Waals surface area contributed by atoms with Crippen molar-refractivity contribution < 1.29 is 4.79 Å². The fourth-order valence-corrected chi connectivity index (χ4v) is 2.75. The zero-order chi connectivity index (χ0) is 17.1. The molecule has 1 amide bonds. The number of para-hydroxylation sites is 1. The minimum atomic E-state index is -0.339.